The van der Waals surface area contributed by atoms with E-state index in [4.69, 9.17) is 32.7 Å². The molecular formula is C16H10Cl2O4. The predicted octanol–water partition coefficient (Wildman–Crippen LogP) is 4.06. The van der Waals surface area contributed by atoms with Crippen LogP contribution >= 0.6 is 23.2 Å². The standard InChI is InChI=1S/C16H10Cl2O4/c17-11-5-1-3-7-13(11)21-15(19)9-10-16(20)22-14-8-4-2-6-12(14)18/h1-10H. The zero-order valence-corrected chi connectivity index (χ0v) is 12.7. The van der Waals surface area contributed by atoms with E-state index in [1.165, 1.54) is 12.1 Å². The first kappa shape index (κ1) is 16.1. The Morgan fingerprint density at radius 3 is 1.45 bits per heavy atom. The number of ether oxygens (including phenoxy) is 2. The first-order valence-electron chi connectivity index (χ1n) is 6.17. The molecular weight excluding hydrogens is 327 g/mol. The molecule has 0 saturated heterocycles. The van der Waals surface area contributed by atoms with E-state index in [1.807, 2.05) is 0 Å². The van der Waals surface area contributed by atoms with Crippen molar-refractivity contribution in [1.82, 2.24) is 0 Å². The highest BCUT2D eigenvalue weighted by atomic mass is 35.5. The van der Waals surface area contributed by atoms with Gasteiger partial charge in [-0.2, -0.15) is 0 Å². The van der Waals surface area contributed by atoms with Crippen molar-refractivity contribution in [2.45, 2.75) is 0 Å². The molecule has 0 aliphatic carbocycles. The molecule has 0 aliphatic rings. The fourth-order valence-electron chi connectivity index (χ4n) is 1.48. The Morgan fingerprint density at radius 2 is 1.09 bits per heavy atom. The summed E-state index contributed by atoms with van der Waals surface area (Å²) in [5.41, 5.74) is 0. The average molecular weight is 337 g/mol. The SMILES string of the molecule is O=C(C=CC(=O)Oc1ccccc1Cl)Oc1ccccc1Cl. The Kier molecular flexibility index (Phi) is 5.58. The monoisotopic (exact) mass is 336 g/mol. The van der Waals surface area contributed by atoms with Crippen molar-refractivity contribution in [2.75, 3.05) is 0 Å². The summed E-state index contributed by atoms with van der Waals surface area (Å²) >= 11 is 11.7. The van der Waals surface area contributed by atoms with Crippen molar-refractivity contribution >= 4 is 35.1 Å². The predicted molar refractivity (Wildman–Crippen MR) is 83.3 cm³/mol. The molecule has 0 radical (unpaired) electrons. The van der Waals surface area contributed by atoms with Gasteiger partial charge in [0.1, 0.15) is 11.5 Å². The second-order valence-corrected chi connectivity index (χ2v) is 4.85. The molecule has 0 fully saturated rings. The largest absolute Gasteiger partial charge is 0.422 e. The van der Waals surface area contributed by atoms with Crippen LogP contribution in [0.1, 0.15) is 0 Å². The Labute approximate surface area is 136 Å². The van der Waals surface area contributed by atoms with Gasteiger partial charge in [-0.05, 0) is 24.3 Å². The lowest BCUT2D eigenvalue weighted by Gasteiger charge is -2.03. The lowest BCUT2D eigenvalue weighted by Crippen LogP contribution is -2.08. The van der Waals surface area contributed by atoms with Crippen LogP contribution in [-0.2, 0) is 9.59 Å². The van der Waals surface area contributed by atoms with Crippen LogP contribution < -0.4 is 9.47 Å². The molecule has 0 saturated carbocycles. The molecule has 22 heavy (non-hydrogen) atoms. The highest BCUT2D eigenvalue weighted by molar-refractivity contribution is 6.32. The third-order valence-corrected chi connectivity index (χ3v) is 3.07. The number of rotatable bonds is 4. The molecule has 0 aliphatic heterocycles. The molecule has 2 aromatic rings. The van der Waals surface area contributed by atoms with E-state index in [2.05, 4.69) is 0 Å². The summed E-state index contributed by atoms with van der Waals surface area (Å²) in [6, 6.07) is 13.0. The van der Waals surface area contributed by atoms with Crippen LogP contribution in [-0.4, -0.2) is 11.9 Å². The molecule has 2 aromatic carbocycles. The van der Waals surface area contributed by atoms with Crippen LogP contribution in [0.25, 0.3) is 0 Å². The molecule has 6 heteroatoms. The van der Waals surface area contributed by atoms with Gasteiger partial charge in [0, 0.05) is 12.2 Å². The van der Waals surface area contributed by atoms with Crippen molar-refractivity contribution in [3.63, 3.8) is 0 Å². The third kappa shape index (κ3) is 4.62. The number of para-hydroxylation sites is 2. The average Bonchev–Trinajstić information content (AvgIpc) is 2.50. The van der Waals surface area contributed by atoms with E-state index >= 15 is 0 Å². The van der Waals surface area contributed by atoms with Gasteiger partial charge in [0.15, 0.2) is 0 Å². The summed E-state index contributed by atoms with van der Waals surface area (Å²) in [7, 11) is 0. The Balaban J connectivity index is 1.94. The second kappa shape index (κ2) is 7.64. The van der Waals surface area contributed by atoms with Crippen molar-refractivity contribution < 1.29 is 19.1 Å². The highest BCUT2D eigenvalue weighted by Crippen LogP contribution is 2.24. The van der Waals surface area contributed by atoms with E-state index < -0.39 is 11.9 Å². The molecule has 0 N–H and O–H groups in total. The Bertz CT molecular complexity index is 664. The van der Waals surface area contributed by atoms with E-state index in [1.54, 1.807) is 36.4 Å². The van der Waals surface area contributed by atoms with E-state index in [0.29, 0.717) is 10.0 Å². The number of halogens is 2. The maximum absolute atomic E-state index is 11.6. The molecule has 0 bridgehead atoms. The normalized spacial score (nSPS) is 10.5. The van der Waals surface area contributed by atoms with Gasteiger partial charge < -0.3 is 9.47 Å². The van der Waals surface area contributed by atoms with Crippen LogP contribution in [0.4, 0.5) is 0 Å². The number of carbonyl (C=O) groups excluding carboxylic acids is 2. The van der Waals surface area contributed by atoms with Gasteiger partial charge in [-0.15, -0.1) is 0 Å². The second-order valence-electron chi connectivity index (χ2n) is 4.04. The summed E-state index contributed by atoms with van der Waals surface area (Å²) in [5, 5.41) is 0.589. The van der Waals surface area contributed by atoms with Gasteiger partial charge in [0.05, 0.1) is 10.0 Å². The van der Waals surface area contributed by atoms with Crippen LogP contribution in [0.15, 0.2) is 60.7 Å². The number of benzene rings is 2. The van der Waals surface area contributed by atoms with Crippen LogP contribution in [0.2, 0.25) is 10.0 Å². The lowest BCUT2D eigenvalue weighted by molar-refractivity contribution is -0.131. The molecule has 0 amide bonds. The summed E-state index contributed by atoms with van der Waals surface area (Å²) in [4.78, 5) is 23.2. The van der Waals surface area contributed by atoms with E-state index in [0.717, 1.165) is 12.2 Å². The minimum absolute atomic E-state index is 0.207. The van der Waals surface area contributed by atoms with Crippen LogP contribution in [0, 0.1) is 0 Å². The third-order valence-electron chi connectivity index (χ3n) is 2.45. The summed E-state index contributed by atoms with van der Waals surface area (Å²) in [6.07, 6.45) is 1.89. The molecule has 0 unspecified atom stereocenters. The fourth-order valence-corrected chi connectivity index (χ4v) is 1.82. The van der Waals surface area contributed by atoms with Crippen LogP contribution in [0.3, 0.4) is 0 Å². The maximum Gasteiger partial charge on any atom is 0.336 e. The van der Waals surface area contributed by atoms with Crippen molar-refractivity contribution in [3.8, 4) is 11.5 Å². The van der Waals surface area contributed by atoms with Crippen molar-refractivity contribution in [1.29, 1.82) is 0 Å². The molecule has 4 nitrogen and oxygen atoms in total. The lowest BCUT2D eigenvalue weighted by atomic mass is 10.3. The first-order chi connectivity index (χ1) is 10.6. The minimum atomic E-state index is -0.746. The summed E-state index contributed by atoms with van der Waals surface area (Å²) in [6.45, 7) is 0. The van der Waals surface area contributed by atoms with Crippen molar-refractivity contribution in [2.24, 2.45) is 0 Å². The maximum atomic E-state index is 11.6. The Morgan fingerprint density at radius 1 is 0.727 bits per heavy atom. The molecule has 2 rings (SSSR count). The number of hydrogen-bond donors (Lipinski definition) is 0. The highest BCUT2D eigenvalue weighted by Gasteiger charge is 2.07. The number of hydrogen-bond acceptors (Lipinski definition) is 4. The summed E-state index contributed by atoms with van der Waals surface area (Å²) in [5.74, 6) is -1.08. The molecule has 0 aromatic heterocycles. The van der Waals surface area contributed by atoms with Gasteiger partial charge in [-0.1, -0.05) is 47.5 Å². The molecule has 0 heterocycles. The van der Waals surface area contributed by atoms with Gasteiger partial charge in [-0.25, -0.2) is 9.59 Å². The van der Waals surface area contributed by atoms with Crippen LogP contribution in [0.5, 0.6) is 11.5 Å². The van der Waals surface area contributed by atoms with Gasteiger partial charge in [0.25, 0.3) is 0 Å². The zero-order chi connectivity index (χ0) is 15.9. The van der Waals surface area contributed by atoms with E-state index in [-0.39, 0.29) is 11.5 Å². The Hall–Kier alpha value is -2.30. The fraction of sp³-hybridized carbons (Fsp3) is 0. The topological polar surface area (TPSA) is 52.6 Å². The van der Waals surface area contributed by atoms with Crippen molar-refractivity contribution in [3.05, 3.63) is 70.7 Å². The zero-order valence-electron chi connectivity index (χ0n) is 11.2. The van der Waals surface area contributed by atoms with Gasteiger partial charge >= 0.3 is 11.9 Å². The smallest absolute Gasteiger partial charge is 0.336 e. The number of esters is 2. The molecule has 0 atom stereocenters. The molecule has 112 valence electrons. The van der Waals surface area contributed by atoms with Gasteiger partial charge in [0.2, 0.25) is 0 Å². The number of carbonyl (C=O) groups is 2. The first-order valence-corrected chi connectivity index (χ1v) is 6.92. The quantitative estimate of drug-likeness (QED) is 0.480. The molecule has 0 spiro atoms. The summed E-state index contributed by atoms with van der Waals surface area (Å²) < 4.78 is 9.96. The minimum Gasteiger partial charge on any atom is -0.422 e. The van der Waals surface area contributed by atoms with E-state index in [9.17, 15) is 9.59 Å². The van der Waals surface area contributed by atoms with Gasteiger partial charge in [-0.3, -0.25) is 0 Å².